The fourth-order valence-electron chi connectivity index (χ4n) is 7.69. The van der Waals surface area contributed by atoms with E-state index in [1.807, 2.05) is 78.9 Å². The number of unbranched alkanes of at least 4 members (excludes halogenated alkanes) is 13. The Kier molecular flexibility index (Phi) is 17.2. The van der Waals surface area contributed by atoms with Crippen molar-refractivity contribution in [2.75, 3.05) is 27.4 Å². The average molecular weight is 771 g/mol. The molecule has 1 aliphatic rings. The zero-order valence-corrected chi connectivity index (χ0v) is 33.5. The quantitative estimate of drug-likeness (QED) is 0.0508. The molecule has 10 nitrogen and oxygen atoms in total. The van der Waals surface area contributed by atoms with Gasteiger partial charge in [-0.2, -0.15) is 0 Å². The van der Waals surface area contributed by atoms with Gasteiger partial charge < -0.3 is 28.8 Å². The third-order valence-corrected chi connectivity index (χ3v) is 10.9. The molecule has 0 spiro atoms. The maximum atomic E-state index is 13.0. The van der Waals surface area contributed by atoms with E-state index in [4.69, 9.17) is 23.7 Å². The zero-order chi connectivity index (χ0) is 39.6. The summed E-state index contributed by atoms with van der Waals surface area (Å²) in [7, 11) is 3.25. The average Bonchev–Trinajstić information content (AvgIpc) is 3.54. The lowest BCUT2D eigenvalue weighted by atomic mass is 9.80. The largest absolute Gasteiger partial charge is 0.497 e. The van der Waals surface area contributed by atoms with Crippen LogP contribution in [0.4, 0.5) is 0 Å². The van der Waals surface area contributed by atoms with E-state index in [9.17, 15) is 14.7 Å². The van der Waals surface area contributed by atoms with E-state index in [0.29, 0.717) is 18.1 Å². The Balaban J connectivity index is 1.27. The van der Waals surface area contributed by atoms with Crippen LogP contribution in [0.5, 0.6) is 11.5 Å². The van der Waals surface area contributed by atoms with E-state index in [1.54, 1.807) is 14.2 Å². The highest BCUT2D eigenvalue weighted by molar-refractivity contribution is 5.49. The van der Waals surface area contributed by atoms with Crippen LogP contribution in [0.25, 0.3) is 0 Å². The number of benzene rings is 3. The molecule has 2 N–H and O–H groups in total. The summed E-state index contributed by atoms with van der Waals surface area (Å²) in [6, 6.07) is 26.6. The molecule has 1 fully saturated rings. The summed E-state index contributed by atoms with van der Waals surface area (Å²) in [4.78, 5) is 27.3. The minimum absolute atomic E-state index is 0.0541. The molecule has 0 aliphatic carbocycles. The standard InChI is InChI=1S/C46H62N2O8/c1-4-5-6-7-8-9-10-11-12-13-14-15-16-20-33-54-43-42(50)40(56-44(43)48-32-31-41(49)47-45(48)51)34-55-46(35-21-18-17-19-22-35,36-23-27-38(52-2)28-24-36)37-25-29-39(53-3)30-26-37/h17-19,21-32,40,42-44,50H,4-16,20,33-34H2,1-3H3,(H,47,49,51). The van der Waals surface area contributed by atoms with Gasteiger partial charge >= 0.3 is 5.69 Å². The molecular weight excluding hydrogens is 709 g/mol. The molecule has 5 rings (SSSR count). The first-order valence-electron chi connectivity index (χ1n) is 20.7. The van der Waals surface area contributed by atoms with Gasteiger partial charge in [0, 0.05) is 18.9 Å². The summed E-state index contributed by atoms with van der Waals surface area (Å²) in [5, 5.41) is 11.8. The molecule has 3 aromatic carbocycles. The first-order chi connectivity index (χ1) is 27.4. The molecule has 4 atom stereocenters. The van der Waals surface area contributed by atoms with E-state index in [0.717, 1.165) is 36.0 Å². The van der Waals surface area contributed by atoms with Gasteiger partial charge in [0.05, 0.1) is 20.8 Å². The summed E-state index contributed by atoms with van der Waals surface area (Å²) >= 11 is 0. The zero-order valence-electron chi connectivity index (χ0n) is 33.5. The predicted octanol–water partition coefficient (Wildman–Crippen LogP) is 8.69. The van der Waals surface area contributed by atoms with E-state index >= 15 is 0 Å². The maximum absolute atomic E-state index is 13.0. The number of rotatable bonds is 25. The monoisotopic (exact) mass is 770 g/mol. The van der Waals surface area contributed by atoms with Crippen LogP contribution >= 0.6 is 0 Å². The summed E-state index contributed by atoms with van der Waals surface area (Å²) in [6.07, 6.45) is 15.0. The van der Waals surface area contributed by atoms with Gasteiger partial charge in [-0.05, 0) is 47.4 Å². The van der Waals surface area contributed by atoms with Crippen LogP contribution in [-0.4, -0.2) is 60.4 Å². The Bertz CT molecular complexity index is 1760. The van der Waals surface area contributed by atoms with E-state index in [1.165, 1.54) is 87.5 Å². The molecule has 2 heterocycles. The molecule has 4 aromatic rings. The Labute approximate surface area is 332 Å². The molecule has 0 amide bonds. The van der Waals surface area contributed by atoms with Crippen LogP contribution < -0.4 is 20.7 Å². The lowest BCUT2D eigenvalue weighted by Gasteiger charge is -2.37. The number of nitrogens with one attached hydrogen (secondary N) is 1. The third-order valence-electron chi connectivity index (χ3n) is 10.9. The van der Waals surface area contributed by atoms with Crippen LogP contribution in [0.15, 0.2) is 101 Å². The Morgan fingerprint density at radius 2 is 1.18 bits per heavy atom. The fourth-order valence-corrected chi connectivity index (χ4v) is 7.69. The van der Waals surface area contributed by atoms with Gasteiger partial charge in [0.2, 0.25) is 0 Å². The van der Waals surface area contributed by atoms with Crippen molar-refractivity contribution in [3.8, 4) is 11.5 Å². The molecule has 0 radical (unpaired) electrons. The van der Waals surface area contributed by atoms with Crippen molar-refractivity contribution in [3.63, 3.8) is 0 Å². The van der Waals surface area contributed by atoms with Crippen LogP contribution in [-0.2, 0) is 19.8 Å². The van der Waals surface area contributed by atoms with Gasteiger partial charge in [0.1, 0.15) is 35.4 Å². The number of aliphatic hydroxyl groups is 1. The second kappa shape index (κ2) is 22.5. The van der Waals surface area contributed by atoms with E-state index < -0.39 is 41.4 Å². The van der Waals surface area contributed by atoms with Crippen LogP contribution in [0.3, 0.4) is 0 Å². The van der Waals surface area contributed by atoms with Gasteiger partial charge in [-0.1, -0.05) is 145 Å². The molecule has 56 heavy (non-hydrogen) atoms. The molecule has 304 valence electrons. The third kappa shape index (κ3) is 11.4. The normalized spacial score (nSPS) is 18.3. The number of aromatic amines is 1. The lowest BCUT2D eigenvalue weighted by molar-refractivity contribution is -0.0982. The number of hydrogen-bond acceptors (Lipinski definition) is 8. The minimum Gasteiger partial charge on any atom is -0.497 e. The second-order valence-electron chi connectivity index (χ2n) is 14.8. The number of ether oxygens (including phenoxy) is 5. The van der Waals surface area contributed by atoms with Gasteiger partial charge in [-0.3, -0.25) is 14.3 Å². The highest BCUT2D eigenvalue weighted by Gasteiger charge is 2.48. The first-order valence-corrected chi connectivity index (χ1v) is 20.7. The molecule has 1 aromatic heterocycles. The summed E-state index contributed by atoms with van der Waals surface area (Å²) in [6.45, 7) is 2.61. The van der Waals surface area contributed by atoms with Gasteiger partial charge in [0.25, 0.3) is 5.56 Å². The minimum atomic E-state index is -1.14. The van der Waals surface area contributed by atoms with Gasteiger partial charge in [-0.15, -0.1) is 0 Å². The highest BCUT2D eigenvalue weighted by atomic mass is 16.6. The van der Waals surface area contributed by atoms with Crippen LogP contribution in [0.1, 0.15) is 120 Å². The van der Waals surface area contributed by atoms with Gasteiger partial charge in [0.15, 0.2) is 6.23 Å². The smallest absolute Gasteiger partial charge is 0.330 e. The number of aromatic nitrogens is 2. The molecule has 0 bridgehead atoms. The number of nitrogens with zero attached hydrogens (tertiary/aromatic N) is 1. The second-order valence-corrected chi connectivity index (χ2v) is 14.8. The molecule has 4 unspecified atom stereocenters. The molecule has 10 heteroatoms. The maximum Gasteiger partial charge on any atom is 0.330 e. The highest BCUT2D eigenvalue weighted by Crippen LogP contribution is 2.43. The molecular formula is C46H62N2O8. The van der Waals surface area contributed by atoms with E-state index in [-0.39, 0.29) is 6.61 Å². The van der Waals surface area contributed by atoms with Crippen molar-refractivity contribution < 1.29 is 28.8 Å². The molecule has 0 saturated carbocycles. The summed E-state index contributed by atoms with van der Waals surface area (Å²) in [5.74, 6) is 1.40. The molecule has 1 aliphatic heterocycles. The van der Waals surface area contributed by atoms with Crippen LogP contribution in [0.2, 0.25) is 0 Å². The molecule has 1 saturated heterocycles. The topological polar surface area (TPSA) is 121 Å². The SMILES string of the molecule is CCCCCCCCCCCCCCCCOC1C(O)C(COC(c2ccccc2)(c2ccc(OC)cc2)c2ccc(OC)cc2)OC1n1ccc(=O)[nH]c1=O. The Morgan fingerprint density at radius 1 is 0.679 bits per heavy atom. The lowest BCUT2D eigenvalue weighted by Crippen LogP contribution is -2.41. The van der Waals surface area contributed by atoms with Crippen molar-refractivity contribution in [1.29, 1.82) is 0 Å². The Morgan fingerprint density at radius 3 is 1.68 bits per heavy atom. The number of hydrogen-bond donors (Lipinski definition) is 2. The van der Waals surface area contributed by atoms with Crippen molar-refractivity contribution in [1.82, 2.24) is 9.55 Å². The van der Waals surface area contributed by atoms with Gasteiger partial charge in [-0.25, -0.2) is 4.79 Å². The van der Waals surface area contributed by atoms with Crippen molar-refractivity contribution in [2.45, 2.75) is 127 Å². The van der Waals surface area contributed by atoms with E-state index in [2.05, 4.69) is 11.9 Å². The Hall–Kier alpha value is -4.22. The number of methoxy groups -OCH3 is 2. The van der Waals surface area contributed by atoms with Crippen LogP contribution in [0, 0.1) is 0 Å². The van der Waals surface area contributed by atoms with Crippen molar-refractivity contribution >= 4 is 0 Å². The fraction of sp³-hybridized carbons (Fsp3) is 0.522. The summed E-state index contributed by atoms with van der Waals surface area (Å²) in [5.41, 5.74) is 0.234. The summed E-state index contributed by atoms with van der Waals surface area (Å²) < 4.78 is 32.0. The predicted molar refractivity (Wildman–Crippen MR) is 220 cm³/mol. The number of H-pyrrole nitrogens is 1. The van der Waals surface area contributed by atoms with Crippen molar-refractivity contribution in [3.05, 3.63) is 129 Å². The first kappa shape index (κ1) is 42.9. The number of aliphatic hydroxyl groups excluding tert-OH is 1. The van der Waals surface area contributed by atoms with Crippen molar-refractivity contribution in [2.24, 2.45) is 0 Å².